The van der Waals surface area contributed by atoms with Gasteiger partial charge in [0, 0.05) is 13.1 Å². The minimum atomic E-state index is -0.419. The lowest BCUT2D eigenvalue weighted by Crippen LogP contribution is -2.21. The Morgan fingerprint density at radius 1 is 1.41 bits per heavy atom. The summed E-state index contributed by atoms with van der Waals surface area (Å²) in [5.41, 5.74) is 0.537. The van der Waals surface area contributed by atoms with Crippen molar-refractivity contribution in [3.63, 3.8) is 0 Å². The fourth-order valence-electron chi connectivity index (χ4n) is 1.40. The van der Waals surface area contributed by atoms with E-state index in [2.05, 4.69) is 10.6 Å². The number of nitro groups is 1. The van der Waals surface area contributed by atoms with Gasteiger partial charge in [-0.1, -0.05) is 6.92 Å². The first-order chi connectivity index (χ1) is 8.19. The van der Waals surface area contributed by atoms with Gasteiger partial charge in [0.1, 0.15) is 11.4 Å². The second-order valence-corrected chi connectivity index (χ2v) is 3.42. The van der Waals surface area contributed by atoms with Gasteiger partial charge in [0.15, 0.2) is 0 Å². The number of rotatable bonds is 7. The highest BCUT2D eigenvalue weighted by molar-refractivity contribution is 5.63. The van der Waals surface area contributed by atoms with Gasteiger partial charge in [-0.3, -0.25) is 10.1 Å². The molecule has 0 aliphatic carbocycles. The van der Waals surface area contributed by atoms with Crippen LogP contribution >= 0.6 is 0 Å². The van der Waals surface area contributed by atoms with Crippen molar-refractivity contribution >= 4 is 11.4 Å². The molecule has 2 N–H and O–H groups in total. The molecule has 0 heterocycles. The third-order valence-corrected chi connectivity index (χ3v) is 2.27. The molecule has 0 unspecified atom stereocenters. The Bertz CT molecular complexity index is 382. The van der Waals surface area contributed by atoms with Crippen LogP contribution in [0.1, 0.15) is 6.92 Å². The van der Waals surface area contributed by atoms with Crippen molar-refractivity contribution in [1.82, 2.24) is 5.32 Å². The standard InChI is InChI=1S/C11H17N3O3/c1-3-12-6-7-13-10-5-4-9(17-2)8-11(10)14(15)16/h4-5,8,12-13H,3,6-7H2,1-2H3. The maximum Gasteiger partial charge on any atom is 0.296 e. The first-order valence-corrected chi connectivity index (χ1v) is 5.46. The van der Waals surface area contributed by atoms with Crippen molar-refractivity contribution in [2.75, 3.05) is 32.1 Å². The van der Waals surface area contributed by atoms with E-state index in [1.807, 2.05) is 6.92 Å². The average Bonchev–Trinajstić information content (AvgIpc) is 2.34. The van der Waals surface area contributed by atoms with Gasteiger partial charge in [0.25, 0.3) is 5.69 Å². The van der Waals surface area contributed by atoms with Gasteiger partial charge in [0.05, 0.1) is 18.1 Å². The van der Waals surface area contributed by atoms with Crippen LogP contribution in [0.5, 0.6) is 5.75 Å². The van der Waals surface area contributed by atoms with Crippen LogP contribution in [-0.4, -0.2) is 31.7 Å². The molecule has 0 atom stereocenters. The summed E-state index contributed by atoms with van der Waals surface area (Å²) in [5.74, 6) is 0.480. The third-order valence-electron chi connectivity index (χ3n) is 2.27. The van der Waals surface area contributed by atoms with E-state index in [9.17, 15) is 10.1 Å². The van der Waals surface area contributed by atoms with Crippen LogP contribution in [0.3, 0.4) is 0 Å². The molecule has 1 aromatic carbocycles. The van der Waals surface area contributed by atoms with Crippen molar-refractivity contribution in [3.8, 4) is 5.75 Å². The summed E-state index contributed by atoms with van der Waals surface area (Å²) in [7, 11) is 1.48. The largest absolute Gasteiger partial charge is 0.496 e. The molecule has 17 heavy (non-hydrogen) atoms. The molecule has 0 saturated heterocycles. The normalized spacial score (nSPS) is 10.0. The van der Waals surface area contributed by atoms with Crippen LogP contribution in [0, 0.1) is 10.1 Å². The topological polar surface area (TPSA) is 76.4 Å². The Hall–Kier alpha value is -1.82. The van der Waals surface area contributed by atoms with Crippen molar-refractivity contribution in [2.45, 2.75) is 6.92 Å². The van der Waals surface area contributed by atoms with E-state index in [4.69, 9.17) is 4.74 Å². The van der Waals surface area contributed by atoms with E-state index >= 15 is 0 Å². The Kier molecular flexibility index (Phi) is 5.22. The predicted octanol–water partition coefficient (Wildman–Crippen LogP) is 1.62. The van der Waals surface area contributed by atoms with E-state index in [-0.39, 0.29) is 5.69 Å². The van der Waals surface area contributed by atoms with Crippen molar-refractivity contribution in [3.05, 3.63) is 28.3 Å². The van der Waals surface area contributed by atoms with Gasteiger partial charge in [-0.25, -0.2) is 0 Å². The molecule has 6 nitrogen and oxygen atoms in total. The number of nitrogens with zero attached hydrogens (tertiary/aromatic N) is 1. The molecule has 0 aromatic heterocycles. The van der Waals surface area contributed by atoms with Gasteiger partial charge in [-0.15, -0.1) is 0 Å². The summed E-state index contributed by atoms with van der Waals surface area (Å²) in [6.07, 6.45) is 0. The Balaban J connectivity index is 2.73. The predicted molar refractivity (Wildman–Crippen MR) is 66.7 cm³/mol. The number of likely N-dealkylation sites (N-methyl/N-ethyl adjacent to an activating group) is 1. The van der Waals surface area contributed by atoms with E-state index in [1.54, 1.807) is 12.1 Å². The molecule has 0 aliphatic rings. The first-order valence-electron chi connectivity index (χ1n) is 5.46. The van der Waals surface area contributed by atoms with E-state index in [1.165, 1.54) is 13.2 Å². The van der Waals surface area contributed by atoms with Crippen LogP contribution in [0.2, 0.25) is 0 Å². The number of ether oxygens (including phenoxy) is 1. The molecule has 0 fully saturated rings. The number of benzene rings is 1. The molecule has 0 spiro atoms. The van der Waals surface area contributed by atoms with Crippen LogP contribution < -0.4 is 15.4 Å². The zero-order chi connectivity index (χ0) is 12.7. The molecule has 0 aliphatic heterocycles. The van der Waals surface area contributed by atoms with Gasteiger partial charge < -0.3 is 15.4 Å². The van der Waals surface area contributed by atoms with Gasteiger partial charge >= 0.3 is 0 Å². The number of anilines is 1. The minimum Gasteiger partial charge on any atom is -0.496 e. The highest BCUT2D eigenvalue weighted by Gasteiger charge is 2.14. The summed E-state index contributed by atoms with van der Waals surface area (Å²) in [6.45, 7) is 4.29. The molecule has 0 amide bonds. The van der Waals surface area contributed by atoms with Gasteiger partial charge in [-0.2, -0.15) is 0 Å². The summed E-state index contributed by atoms with van der Waals surface area (Å²) in [6, 6.07) is 4.76. The zero-order valence-corrected chi connectivity index (χ0v) is 10.0. The maximum atomic E-state index is 10.9. The lowest BCUT2D eigenvalue weighted by molar-refractivity contribution is -0.384. The van der Waals surface area contributed by atoms with Crippen molar-refractivity contribution in [2.24, 2.45) is 0 Å². The molecule has 1 aromatic rings. The van der Waals surface area contributed by atoms with Crippen LogP contribution in [-0.2, 0) is 0 Å². The van der Waals surface area contributed by atoms with Crippen molar-refractivity contribution < 1.29 is 9.66 Å². The Labute approximate surface area is 100 Å². The lowest BCUT2D eigenvalue weighted by Gasteiger charge is -2.08. The number of hydrogen-bond donors (Lipinski definition) is 2. The van der Waals surface area contributed by atoms with E-state index in [0.29, 0.717) is 18.0 Å². The monoisotopic (exact) mass is 239 g/mol. The minimum absolute atomic E-state index is 0.0286. The van der Waals surface area contributed by atoms with E-state index < -0.39 is 4.92 Å². The molecule has 94 valence electrons. The van der Waals surface area contributed by atoms with Crippen LogP contribution in [0.15, 0.2) is 18.2 Å². The molecular weight excluding hydrogens is 222 g/mol. The fourth-order valence-corrected chi connectivity index (χ4v) is 1.40. The molecule has 0 bridgehead atoms. The lowest BCUT2D eigenvalue weighted by atomic mass is 10.2. The van der Waals surface area contributed by atoms with E-state index in [0.717, 1.165) is 13.1 Å². The van der Waals surface area contributed by atoms with Crippen LogP contribution in [0.25, 0.3) is 0 Å². The zero-order valence-electron chi connectivity index (χ0n) is 10.0. The second-order valence-electron chi connectivity index (χ2n) is 3.42. The molecule has 0 saturated carbocycles. The Morgan fingerprint density at radius 2 is 2.18 bits per heavy atom. The number of hydrogen-bond acceptors (Lipinski definition) is 5. The molecule has 0 radical (unpaired) electrons. The number of nitro benzene ring substituents is 1. The fraction of sp³-hybridized carbons (Fsp3) is 0.455. The highest BCUT2D eigenvalue weighted by atomic mass is 16.6. The number of nitrogens with one attached hydrogen (secondary N) is 2. The third kappa shape index (κ3) is 3.92. The summed E-state index contributed by atoms with van der Waals surface area (Å²) in [5, 5.41) is 17.0. The second kappa shape index (κ2) is 6.70. The number of methoxy groups -OCH3 is 1. The Morgan fingerprint density at radius 3 is 2.76 bits per heavy atom. The average molecular weight is 239 g/mol. The van der Waals surface area contributed by atoms with Crippen molar-refractivity contribution in [1.29, 1.82) is 0 Å². The first kappa shape index (κ1) is 13.2. The summed E-state index contributed by atoms with van der Waals surface area (Å²) < 4.78 is 4.96. The summed E-state index contributed by atoms with van der Waals surface area (Å²) in [4.78, 5) is 10.5. The molecule has 1 rings (SSSR count). The van der Waals surface area contributed by atoms with Crippen LogP contribution in [0.4, 0.5) is 11.4 Å². The van der Waals surface area contributed by atoms with Gasteiger partial charge in [0.2, 0.25) is 0 Å². The molecule has 6 heteroatoms. The SMILES string of the molecule is CCNCCNc1ccc(OC)cc1[N+](=O)[O-]. The maximum absolute atomic E-state index is 10.9. The summed E-state index contributed by atoms with van der Waals surface area (Å²) >= 11 is 0. The van der Waals surface area contributed by atoms with Gasteiger partial charge in [-0.05, 0) is 18.7 Å². The smallest absolute Gasteiger partial charge is 0.296 e. The molecular formula is C11H17N3O3. The quantitative estimate of drug-likeness (QED) is 0.429. The highest BCUT2D eigenvalue weighted by Crippen LogP contribution is 2.28.